The van der Waals surface area contributed by atoms with E-state index < -0.39 is 20.0 Å². The van der Waals surface area contributed by atoms with Crippen LogP contribution in [0.2, 0.25) is 0 Å². The molecule has 9 heteroatoms. The van der Waals surface area contributed by atoms with Gasteiger partial charge in [-0.3, -0.25) is 13.8 Å². The van der Waals surface area contributed by atoms with Crippen molar-refractivity contribution in [1.82, 2.24) is 5.32 Å². The number of allylic oxidation sites excluding steroid dienone is 1. The van der Waals surface area contributed by atoms with Crippen molar-refractivity contribution in [2.45, 2.75) is 264 Å². The summed E-state index contributed by atoms with van der Waals surface area (Å²) in [7, 11) is 1.58. The van der Waals surface area contributed by atoms with E-state index in [0.29, 0.717) is 17.4 Å². The lowest BCUT2D eigenvalue weighted by Gasteiger charge is -2.25. The zero-order valence-corrected chi connectivity index (χ0v) is 40.9. The Morgan fingerprint density at radius 2 is 0.898 bits per heavy atom. The van der Waals surface area contributed by atoms with Crippen LogP contribution >= 0.6 is 7.82 Å². The molecule has 0 aromatic carbocycles. The number of unbranched alkanes of at least 4 members (excludes halogenated alkanes) is 34. The average Bonchev–Trinajstić information content (AvgIpc) is 3.19. The molecule has 0 heterocycles. The number of hydrogen-bond acceptors (Lipinski definition) is 5. The SMILES string of the molecule is CCCCCCCCCCCCCC/C=C/[C@@H](O)[C@H](COP(=O)(O)OCC[N+](C)(C)C)NC(=O)CCCCCCCCCCCCCCCCCCCCCCCCC. The Labute approximate surface area is 367 Å². The van der Waals surface area contributed by atoms with Gasteiger partial charge in [-0.15, -0.1) is 0 Å². The monoisotopic (exact) mass is 858 g/mol. The Morgan fingerprint density at radius 1 is 0.559 bits per heavy atom. The Kier molecular flexibility index (Phi) is 42.0. The number of amides is 1. The molecule has 1 unspecified atom stereocenters. The van der Waals surface area contributed by atoms with E-state index in [4.69, 9.17) is 9.05 Å². The van der Waals surface area contributed by atoms with E-state index in [1.807, 2.05) is 27.2 Å². The van der Waals surface area contributed by atoms with Crippen molar-refractivity contribution in [2.24, 2.45) is 0 Å². The molecule has 0 fully saturated rings. The van der Waals surface area contributed by atoms with Crippen molar-refractivity contribution in [3.05, 3.63) is 12.2 Å². The van der Waals surface area contributed by atoms with Crippen molar-refractivity contribution in [3.63, 3.8) is 0 Å². The first kappa shape index (κ1) is 58.2. The number of carbonyl (C=O) groups is 1. The van der Waals surface area contributed by atoms with Crippen LogP contribution in [0.3, 0.4) is 0 Å². The van der Waals surface area contributed by atoms with Gasteiger partial charge in [-0.05, 0) is 19.3 Å². The maximum Gasteiger partial charge on any atom is 0.472 e. The minimum absolute atomic E-state index is 0.0648. The molecule has 0 aliphatic rings. The number of quaternary nitrogens is 1. The molecule has 0 spiro atoms. The van der Waals surface area contributed by atoms with Gasteiger partial charge in [-0.25, -0.2) is 4.57 Å². The topological polar surface area (TPSA) is 105 Å². The highest BCUT2D eigenvalue weighted by Gasteiger charge is 2.27. The molecule has 8 nitrogen and oxygen atoms in total. The summed E-state index contributed by atoms with van der Waals surface area (Å²) < 4.78 is 23.6. The second-order valence-electron chi connectivity index (χ2n) is 18.9. The number of phosphoric ester groups is 1. The molecular weight excluding hydrogens is 756 g/mol. The van der Waals surface area contributed by atoms with Crippen molar-refractivity contribution in [3.8, 4) is 0 Å². The Balaban J connectivity index is 4.21. The maximum atomic E-state index is 12.9. The van der Waals surface area contributed by atoms with Crippen LogP contribution in [0.4, 0.5) is 0 Å². The van der Waals surface area contributed by atoms with Gasteiger partial charge in [0.2, 0.25) is 5.91 Å². The van der Waals surface area contributed by atoms with Crippen LogP contribution < -0.4 is 5.32 Å². The number of rotatable bonds is 47. The molecule has 0 saturated heterocycles. The summed E-state index contributed by atoms with van der Waals surface area (Å²) in [5.41, 5.74) is 0. The van der Waals surface area contributed by atoms with Gasteiger partial charge < -0.3 is 19.8 Å². The molecule has 0 saturated carbocycles. The van der Waals surface area contributed by atoms with Crippen molar-refractivity contribution < 1.29 is 32.9 Å². The third-order valence-corrected chi connectivity index (χ3v) is 12.7. The molecular formula is C50H102N2O6P+. The number of hydrogen-bond donors (Lipinski definition) is 3. The van der Waals surface area contributed by atoms with E-state index in [9.17, 15) is 19.4 Å². The third kappa shape index (κ3) is 45.1. The third-order valence-electron chi connectivity index (χ3n) is 11.8. The number of likely N-dealkylation sites (N-methyl/N-ethyl adjacent to an activating group) is 1. The van der Waals surface area contributed by atoms with Crippen LogP contribution in [-0.4, -0.2) is 73.4 Å². The molecule has 3 atom stereocenters. The molecule has 0 radical (unpaired) electrons. The number of aliphatic hydroxyl groups is 1. The maximum absolute atomic E-state index is 12.9. The summed E-state index contributed by atoms with van der Waals surface area (Å²) in [5, 5.41) is 13.9. The zero-order chi connectivity index (χ0) is 43.6. The molecule has 0 bridgehead atoms. The highest BCUT2D eigenvalue weighted by Crippen LogP contribution is 2.43. The van der Waals surface area contributed by atoms with Crippen molar-refractivity contribution in [1.29, 1.82) is 0 Å². The van der Waals surface area contributed by atoms with Gasteiger partial charge in [-0.2, -0.15) is 0 Å². The fourth-order valence-corrected chi connectivity index (χ4v) is 8.43. The first-order chi connectivity index (χ1) is 28.5. The summed E-state index contributed by atoms with van der Waals surface area (Å²) in [4.78, 5) is 23.2. The zero-order valence-electron chi connectivity index (χ0n) is 40.0. The molecule has 0 aromatic heterocycles. The molecule has 0 aliphatic carbocycles. The average molecular weight is 858 g/mol. The van der Waals surface area contributed by atoms with Gasteiger partial charge in [0.25, 0.3) is 0 Å². The number of phosphoric acid groups is 1. The van der Waals surface area contributed by atoms with E-state index >= 15 is 0 Å². The fraction of sp³-hybridized carbons (Fsp3) is 0.940. The van der Waals surface area contributed by atoms with E-state index in [1.165, 1.54) is 193 Å². The summed E-state index contributed by atoms with van der Waals surface area (Å²) in [5.74, 6) is -0.172. The Bertz CT molecular complexity index is 974. The van der Waals surface area contributed by atoms with E-state index in [1.54, 1.807) is 6.08 Å². The highest BCUT2D eigenvalue weighted by molar-refractivity contribution is 7.47. The molecule has 0 rings (SSSR count). The Morgan fingerprint density at radius 3 is 1.25 bits per heavy atom. The number of carbonyl (C=O) groups excluding carboxylic acids is 1. The minimum atomic E-state index is -4.33. The summed E-state index contributed by atoms with van der Waals surface area (Å²) in [6, 6.07) is -0.840. The summed E-state index contributed by atoms with van der Waals surface area (Å²) in [6.07, 6.45) is 50.0. The van der Waals surface area contributed by atoms with Gasteiger partial charge in [0.1, 0.15) is 13.2 Å². The van der Waals surface area contributed by atoms with Gasteiger partial charge >= 0.3 is 7.82 Å². The molecule has 0 aliphatic heterocycles. The van der Waals surface area contributed by atoms with Gasteiger partial charge in [-0.1, -0.05) is 238 Å². The Hall–Kier alpha value is -0.760. The van der Waals surface area contributed by atoms with Crippen LogP contribution in [0.15, 0.2) is 12.2 Å². The molecule has 3 N–H and O–H groups in total. The van der Waals surface area contributed by atoms with E-state index in [0.717, 1.165) is 38.5 Å². The van der Waals surface area contributed by atoms with Crippen LogP contribution in [0.5, 0.6) is 0 Å². The number of nitrogens with one attached hydrogen (secondary N) is 1. The summed E-state index contributed by atoms with van der Waals surface area (Å²) in [6.45, 7) is 4.84. The van der Waals surface area contributed by atoms with Crippen LogP contribution in [0.1, 0.15) is 251 Å². The van der Waals surface area contributed by atoms with Gasteiger partial charge in [0, 0.05) is 6.42 Å². The van der Waals surface area contributed by atoms with E-state index in [2.05, 4.69) is 19.2 Å². The predicted molar refractivity (Wildman–Crippen MR) is 254 cm³/mol. The minimum Gasteiger partial charge on any atom is -0.387 e. The lowest BCUT2D eigenvalue weighted by Crippen LogP contribution is -2.45. The molecule has 59 heavy (non-hydrogen) atoms. The van der Waals surface area contributed by atoms with Crippen LogP contribution in [0.25, 0.3) is 0 Å². The molecule has 1 amide bonds. The quantitative estimate of drug-likeness (QED) is 0.0244. The van der Waals surface area contributed by atoms with Gasteiger partial charge in [0.15, 0.2) is 0 Å². The smallest absolute Gasteiger partial charge is 0.387 e. The standard InChI is InChI=1S/C50H101N2O6P/c1-6-8-10-12-14-16-18-20-22-23-24-25-26-27-28-29-30-32-34-36-38-40-42-44-50(54)51-48(47-58-59(55,56)57-46-45-52(3,4)5)49(53)43-41-39-37-35-33-31-21-19-17-15-13-11-9-7-2/h41,43,48-49,53H,6-40,42,44-47H2,1-5H3,(H-,51,54,55,56)/p+1/b43-41+/t48-,49+/m0/s1. The predicted octanol–water partition coefficient (Wildman–Crippen LogP) is 14.7. The second kappa shape index (κ2) is 42.5. The first-order valence-corrected chi connectivity index (χ1v) is 27.1. The number of aliphatic hydroxyl groups excluding tert-OH is 1. The molecule has 0 aromatic rings. The number of nitrogens with zero attached hydrogens (tertiary/aromatic N) is 1. The first-order valence-electron chi connectivity index (χ1n) is 25.6. The highest BCUT2D eigenvalue weighted by atomic mass is 31.2. The largest absolute Gasteiger partial charge is 0.472 e. The fourth-order valence-electron chi connectivity index (χ4n) is 7.69. The van der Waals surface area contributed by atoms with Crippen molar-refractivity contribution in [2.75, 3.05) is 40.9 Å². The van der Waals surface area contributed by atoms with Crippen LogP contribution in [0, 0.1) is 0 Å². The second-order valence-corrected chi connectivity index (χ2v) is 20.4. The normalized spacial score (nSPS) is 14.2. The van der Waals surface area contributed by atoms with Crippen molar-refractivity contribution >= 4 is 13.7 Å². The summed E-state index contributed by atoms with van der Waals surface area (Å²) >= 11 is 0. The van der Waals surface area contributed by atoms with Crippen LogP contribution in [-0.2, 0) is 18.4 Å². The lowest BCUT2D eigenvalue weighted by atomic mass is 10.0. The van der Waals surface area contributed by atoms with Gasteiger partial charge in [0.05, 0.1) is 39.9 Å². The molecule has 352 valence electrons. The lowest BCUT2D eigenvalue weighted by molar-refractivity contribution is -0.870. The van der Waals surface area contributed by atoms with E-state index in [-0.39, 0.29) is 19.1 Å².